The number of hydrogen-bond donors (Lipinski definition) is 5. The molecule has 4 rings (SSSR count). The van der Waals surface area contributed by atoms with Crippen molar-refractivity contribution in [1.82, 2.24) is 24.7 Å². The topological polar surface area (TPSA) is 172 Å². The van der Waals surface area contributed by atoms with Gasteiger partial charge in [-0.2, -0.15) is 4.98 Å². The minimum atomic E-state index is -1.35. The van der Waals surface area contributed by atoms with E-state index in [0.29, 0.717) is 44.0 Å². The third-order valence-electron chi connectivity index (χ3n) is 7.29. The average molecular weight is 563 g/mol. The van der Waals surface area contributed by atoms with Gasteiger partial charge in [0.25, 0.3) is 0 Å². The molecule has 0 radical (unpaired) electrons. The minimum absolute atomic E-state index is 0. The van der Waals surface area contributed by atoms with E-state index in [1.807, 2.05) is 24.3 Å². The van der Waals surface area contributed by atoms with Crippen molar-refractivity contribution in [3.63, 3.8) is 0 Å². The number of aliphatic hydroxyl groups is 1. The number of nitrogens with one attached hydrogen (secondary N) is 2. The highest BCUT2D eigenvalue weighted by Crippen LogP contribution is 2.18. The molecule has 1 aromatic carbocycles. The number of halogens is 1. The van der Waals surface area contributed by atoms with Gasteiger partial charge in [0.2, 0.25) is 5.91 Å². The zero-order chi connectivity index (χ0) is 27.3. The van der Waals surface area contributed by atoms with E-state index in [2.05, 4.69) is 15.6 Å². The van der Waals surface area contributed by atoms with E-state index >= 15 is 0 Å². The third-order valence-corrected chi connectivity index (χ3v) is 7.29. The Morgan fingerprint density at radius 1 is 1.05 bits per heavy atom. The van der Waals surface area contributed by atoms with Crippen molar-refractivity contribution in [3.05, 3.63) is 52.6 Å². The molecule has 7 N–H and O–H groups in total. The number of rotatable bonds is 7. The number of carbonyl (C=O) groups is 2. The second-order valence-corrected chi connectivity index (χ2v) is 10.4. The molecule has 0 unspecified atom stereocenters. The van der Waals surface area contributed by atoms with Gasteiger partial charge < -0.3 is 31.7 Å². The zero-order valence-corrected chi connectivity index (χ0v) is 23.0. The summed E-state index contributed by atoms with van der Waals surface area (Å²) in [6.07, 6.45) is 5.88. The summed E-state index contributed by atoms with van der Waals surface area (Å²) < 4.78 is 1.42. The van der Waals surface area contributed by atoms with E-state index in [1.54, 1.807) is 12.3 Å². The molecule has 1 aliphatic carbocycles. The number of benzene rings is 1. The number of amides is 3. The second-order valence-electron chi connectivity index (χ2n) is 10.4. The molecule has 2 aliphatic rings. The monoisotopic (exact) mass is 562 g/mol. The number of nitrogens with two attached hydrogens (primary N) is 2. The normalized spacial score (nSPS) is 21.0. The zero-order valence-electron chi connectivity index (χ0n) is 22.2. The first-order valence-electron chi connectivity index (χ1n) is 13.1. The Morgan fingerprint density at radius 3 is 2.26 bits per heavy atom. The summed E-state index contributed by atoms with van der Waals surface area (Å²) in [5, 5.41) is 15.6. The fourth-order valence-corrected chi connectivity index (χ4v) is 4.76. The number of aromatic nitrogens is 2. The molecule has 1 atom stereocenters. The van der Waals surface area contributed by atoms with E-state index in [0.717, 1.165) is 37.8 Å². The summed E-state index contributed by atoms with van der Waals surface area (Å²) in [6.45, 7) is 2.97. The Hall–Kier alpha value is -3.03. The van der Waals surface area contributed by atoms with Crippen molar-refractivity contribution in [2.24, 2.45) is 11.5 Å². The summed E-state index contributed by atoms with van der Waals surface area (Å²) in [4.78, 5) is 44.8. The van der Waals surface area contributed by atoms with Gasteiger partial charge in [0.1, 0.15) is 11.4 Å². The molecule has 1 aromatic heterocycles. The number of aliphatic hydroxyl groups excluding tert-OH is 1. The van der Waals surface area contributed by atoms with Crippen LogP contribution in [0.25, 0.3) is 5.69 Å². The van der Waals surface area contributed by atoms with Crippen LogP contribution in [-0.2, 0) is 11.3 Å². The van der Waals surface area contributed by atoms with Gasteiger partial charge in [-0.1, -0.05) is 12.1 Å². The van der Waals surface area contributed by atoms with Crippen molar-refractivity contribution >= 4 is 30.2 Å². The summed E-state index contributed by atoms with van der Waals surface area (Å²) in [7, 11) is 0. The Kier molecular flexibility index (Phi) is 10.4. The maximum atomic E-state index is 12.7. The molecule has 1 saturated heterocycles. The van der Waals surface area contributed by atoms with Crippen molar-refractivity contribution in [2.75, 3.05) is 38.1 Å². The van der Waals surface area contributed by atoms with E-state index in [4.69, 9.17) is 11.5 Å². The molecule has 13 heteroatoms. The SMILES string of the molecule is C[C@](N)(CO)C(=O)N1CCN(C(=O)Nc2ccn(-c3ccc(CN[C@H]4CC[C@H](N)CC4)cc3)c(=O)n2)CC1.Cl. The Balaban J connectivity index is 0.00000420. The van der Waals surface area contributed by atoms with Gasteiger partial charge in [0.15, 0.2) is 0 Å². The van der Waals surface area contributed by atoms with Gasteiger partial charge in [0.05, 0.1) is 12.3 Å². The lowest BCUT2D eigenvalue weighted by molar-refractivity contribution is -0.139. The van der Waals surface area contributed by atoms with Crippen LogP contribution in [0.2, 0.25) is 0 Å². The molecule has 214 valence electrons. The van der Waals surface area contributed by atoms with Gasteiger partial charge >= 0.3 is 11.7 Å². The lowest BCUT2D eigenvalue weighted by Gasteiger charge is -2.37. The maximum absolute atomic E-state index is 12.7. The van der Waals surface area contributed by atoms with Crippen molar-refractivity contribution in [1.29, 1.82) is 0 Å². The number of piperazine rings is 1. The first-order valence-corrected chi connectivity index (χ1v) is 13.1. The third kappa shape index (κ3) is 7.76. The largest absolute Gasteiger partial charge is 0.394 e. The predicted molar refractivity (Wildman–Crippen MR) is 151 cm³/mol. The summed E-state index contributed by atoms with van der Waals surface area (Å²) in [6, 6.07) is 9.70. The van der Waals surface area contributed by atoms with E-state index in [9.17, 15) is 19.5 Å². The van der Waals surface area contributed by atoms with Crippen LogP contribution < -0.4 is 27.8 Å². The summed E-state index contributed by atoms with van der Waals surface area (Å²) in [5.74, 6) is -0.207. The predicted octanol–water partition coefficient (Wildman–Crippen LogP) is 0.400. The standard InChI is InChI=1S/C26H38N8O4.ClH/c1-26(28,17-35)23(36)32-12-14-33(15-13-32)24(37)30-22-10-11-34(25(38)31-22)21-8-2-18(3-9-21)16-29-20-6-4-19(27)5-7-20;/h2-3,8-11,19-20,29,35H,4-7,12-17,27-28H2,1H3,(H,30,31,37,38);1H/t19-,20-,26-;/m0./s1. The molecular weight excluding hydrogens is 524 g/mol. The van der Waals surface area contributed by atoms with Gasteiger partial charge in [0, 0.05) is 51.0 Å². The molecule has 0 bridgehead atoms. The number of anilines is 1. The van der Waals surface area contributed by atoms with Gasteiger partial charge in [-0.15, -0.1) is 12.4 Å². The highest BCUT2D eigenvalue weighted by molar-refractivity contribution is 5.89. The maximum Gasteiger partial charge on any atom is 0.354 e. The number of carbonyl (C=O) groups excluding carboxylic acids is 2. The first-order chi connectivity index (χ1) is 18.2. The van der Waals surface area contributed by atoms with Crippen molar-refractivity contribution < 1.29 is 14.7 Å². The van der Waals surface area contributed by atoms with E-state index in [1.165, 1.54) is 21.3 Å². The van der Waals surface area contributed by atoms with Gasteiger partial charge in [-0.3, -0.25) is 14.7 Å². The Bertz CT molecular complexity index is 1170. The van der Waals surface area contributed by atoms with Crippen LogP contribution in [0.15, 0.2) is 41.3 Å². The fraction of sp³-hybridized carbons (Fsp3) is 0.538. The number of hydrogen-bond acceptors (Lipinski definition) is 8. The van der Waals surface area contributed by atoms with E-state index in [-0.39, 0.29) is 24.1 Å². The summed E-state index contributed by atoms with van der Waals surface area (Å²) in [5.41, 5.74) is 11.8. The molecule has 2 heterocycles. The molecule has 2 fully saturated rings. The minimum Gasteiger partial charge on any atom is -0.394 e. The number of nitrogens with zero attached hydrogens (tertiary/aromatic N) is 4. The quantitative estimate of drug-likeness (QED) is 0.322. The lowest BCUT2D eigenvalue weighted by Crippen LogP contribution is -2.60. The molecule has 12 nitrogen and oxygen atoms in total. The molecule has 1 saturated carbocycles. The Labute approximate surface area is 234 Å². The van der Waals surface area contributed by atoms with Crippen molar-refractivity contribution in [3.8, 4) is 5.69 Å². The van der Waals surface area contributed by atoms with E-state index < -0.39 is 23.9 Å². The molecular formula is C26H39ClN8O4. The first kappa shape index (κ1) is 30.5. The van der Waals surface area contributed by atoms with Crippen molar-refractivity contribution in [2.45, 2.75) is 56.8 Å². The van der Waals surface area contributed by atoms with Crippen LogP contribution in [0, 0.1) is 0 Å². The van der Waals surface area contributed by atoms with Crippen LogP contribution in [-0.4, -0.2) is 86.8 Å². The van der Waals surface area contributed by atoms with Crippen LogP contribution in [0.5, 0.6) is 0 Å². The molecule has 2 aromatic rings. The molecule has 0 spiro atoms. The lowest BCUT2D eigenvalue weighted by atomic mass is 9.92. The fourth-order valence-electron chi connectivity index (χ4n) is 4.76. The molecule has 1 aliphatic heterocycles. The Morgan fingerprint density at radius 2 is 1.67 bits per heavy atom. The number of urea groups is 1. The second kappa shape index (κ2) is 13.4. The molecule has 3 amide bonds. The highest BCUT2D eigenvalue weighted by Gasteiger charge is 2.34. The average Bonchev–Trinajstić information content (AvgIpc) is 2.93. The summed E-state index contributed by atoms with van der Waals surface area (Å²) >= 11 is 0. The highest BCUT2D eigenvalue weighted by atomic mass is 35.5. The van der Waals surface area contributed by atoms with Crippen LogP contribution >= 0.6 is 12.4 Å². The van der Waals surface area contributed by atoms with Crippen LogP contribution in [0.4, 0.5) is 10.6 Å². The van der Waals surface area contributed by atoms with Gasteiger partial charge in [-0.25, -0.2) is 9.59 Å². The van der Waals surface area contributed by atoms with Gasteiger partial charge in [-0.05, 0) is 56.4 Å². The van der Waals surface area contributed by atoms with Crippen LogP contribution in [0.3, 0.4) is 0 Å². The molecule has 39 heavy (non-hydrogen) atoms. The van der Waals surface area contributed by atoms with Crippen LogP contribution in [0.1, 0.15) is 38.2 Å². The smallest absolute Gasteiger partial charge is 0.354 e.